The molecule has 58 heavy (non-hydrogen) atoms. The Morgan fingerprint density at radius 2 is 1.31 bits per heavy atom. The van der Waals surface area contributed by atoms with E-state index in [1.807, 2.05) is 13.8 Å². The zero-order valence-electron chi connectivity index (χ0n) is 34.3. The maximum Gasteiger partial charge on any atom is 0.335 e. The van der Waals surface area contributed by atoms with Gasteiger partial charge in [0.2, 0.25) is 0 Å². The van der Waals surface area contributed by atoms with E-state index < -0.39 is 96.3 Å². The fourth-order valence-electron chi connectivity index (χ4n) is 13.6. The first-order chi connectivity index (χ1) is 26.9. The van der Waals surface area contributed by atoms with E-state index in [0.29, 0.717) is 25.7 Å². The lowest BCUT2D eigenvalue weighted by atomic mass is 9.33. The van der Waals surface area contributed by atoms with E-state index >= 15 is 0 Å². The van der Waals surface area contributed by atoms with Crippen molar-refractivity contribution in [1.29, 1.82) is 0 Å². The van der Waals surface area contributed by atoms with Crippen molar-refractivity contribution in [3.05, 3.63) is 11.6 Å². The van der Waals surface area contributed by atoms with Crippen LogP contribution in [0.3, 0.4) is 0 Å². The van der Waals surface area contributed by atoms with Crippen molar-refractivity contribution in [3.8, 4) is 0 Å². The van der Waals surface area contributed by atoms with Crippen LogP contribution >= 0.6 is 0 Å². The van der Waals surface area contributed by atoms with Crippen molar-refractivity contribution in [2.45, 2.75) is 173 Å². The van der Waals surface area contributed by atoms with Crippen molar-refractivity contribution in [1.82, 2.24) is 0 Å². The fourth-order valence-corrected chi connectivity index (χ4v) is 13.6. The van der Waals surface area contributed by atoms with Crippen LogP contribution in [0.5, 0.6) is 0 Å². The van der Waals surface area contributed by atoms with E-state index in [9.17, 15) is 60.3 Å². The minimum absolute atomic E-state index is 0.0434. The highest BCUT2D eigenvalue weighted by atomic mass is 16.8. The van der Waals surface area contributed by atoms with Crippen LogP contribution in [0.25, 0.3) is 0 Å². The number of fused-ring (bicyclic) bond motifs is 7. The van der Waals surface area contributed by atoms with Gasteiger partial charge in [-0.25, -0.2) is 9.59 Å². The molecule has 6 fully saturated rings. The molecule has 2 saturated heterocycles. The molecule has 7 aliphatic rings. The molecule has 0 bridgehead atoms. The smallest absolute Gasteiger partial charge is 0.335 e. The van der Waals surface area contributed by atoms with E-state index in [2.05, 4.69) is 33.8 Å². The zero-order valence-corrected chi connectivity index (χ0v) is 34.3. The largest absolute Gasteiger partial charge is 0.481 e. The van der Waals surface area contributed by atoms with E-state index in [1.165, 1.54) is 5.57 Å². The number of allylic oxidation sites excluding steroid dienone is 2. The van der Waals surface area contributed by atoms with Crippen LogP contribution in [0.4, 0.5) is 0 Å². The average molecular weight is 825 g/mol. The third-order valence-corrected chi connectivity index (χ3v) is 17.6. The molecular weight excluding hydrogens is 760 g/mol. The maximum atomic E-state index is 12.5. The molecule has 9 N–H and O–H groups in total. The Bertz CT molecular complexity index is 1670. The summed E-state index contributed by atoms with van der Waals surface area (Å²) in [5.41, 5.74) is -0.824. The second kappa shape index (κ2) is 14.7. The first kappa shape index (κ1) is 43.8. The fraction of sp³-hybridized carbons (Fsp3) is 0.881. The molecule has 0 aromatic carbocycles. The van der Waals surface area contributed by atoms with Gasteiger partial charge in [-0.3, -0.25) is 4.79 Å². The number of rotatable bonds is 8. The van der Waals surface area contributed by atoms with Gasteiger partial charge in [-0.05, 0) is 111 Å². The molecular formula is C42H64O16. The van der Waals surface area contributed by atoms with Gasteiger partial charge in [0.25, 0.3) is 0 Å². The van der Waals surface area contributed by atoms with Gasteiger partial charge in [0, 0.05) is 5.41 Å². The summed E-state index contributed by atoms with van der Waals surface area (Å²) in [5.74, 6) is -3.72. The molecule has 0 aromatic rings. The number of carbonyl (C=O) groups is 3. The van der Waals surface area contributed by atoms with Gasteiger partial charge >= 0.3 is 17.9 Å². The van der Waals surface area contributed by atoms with Gasteiger partial charge in [-0.2, -0.15) is 0 Å². The first-order valence-electron chi connectivity index (χ1n) is 20.9. The second-order valence-corrected chi connectivity index (χ2v) is 20.5. The Labute approximate surface area is 338 Å². The highest BCUT2D eigenvalue weighted by Gasteiger charge is 2.69. The Kier molecular flexibility index (Phi) is 11.1. The molecule has 0 radical (unpaired) electrons. The summed E-state index contributed by atoms with van der Waals surface area (Å²) in [6.07, 6.45) is -10.4. The van der Waals surface area contributed by atoms with Gasteiger partial charge in [0.15, 0.2) is 24.8 Å². The third-order valence-electron chi connectivity index (χ3n) is 17.6. The van der Waals surface area contributed by atoms with Gasteiger partial charge in [0.05, 0.1) is 18.1 Å². The molecule has 16 heteroatoms. The molecule has 328 valence electrons. The predicted molar refractivity (Wildman–Crippen MR) is 200 cm³/mol. The lowest BCUT2D eigenvalue weighted by Crippen LogP contribution is -2.68. The molecule has 5 aliphatic carbocycles. The van der Waals surface area contributed by atoms with Crippen molar-refractivity contribution >= 4 is 17.9 Å². The highest BCUT2D eigenvalue weighted by molar-refractivity contribution is 5.75. The Morgan fingerprint density at radius 1 is 0.707 bits per heavy atom. The topological polar surface area (TPSA) is 270 Å². The number of aliphatic carboxylic acids is 3. The van der Waals surface area contributed by atoms with Crippen LogP contribution in [0.15, 0.2) is 11.6 Å². The maximum absolute atomic E-state index is 12.5. The second-order valence-electron chi connectivity index (χ2n) is 20.5. The van der Waals surface area contributed by atoms with Crippen molar-refractivity contribution in [3.63, 3.8) is 0 Å². The molecule has 0 aromatic heterocycles. The summed E-state index contributed by atoms with van der Waals surface area (Å²) < 4.78 is 23.4. The minimum atomic E-state index is -2.06. The first-order valence-corrected chi connectivity index (χ1v) is 20.9. The molecule has 2 aliphatic heterocycles. The Balaban J connectivity index is 1.17. The third kappa shape index (κ3) is 6.33. The standard InChI is InChI=1S/C42H64O16/c1-37-13-14-38(2,36(53)54)17-20(37)19-7-8-22-39(3)11-10-23(40(4,18-43)21(39)9-12-42(22,6)41(19,5)16-15-37)55-35-31(27(47)26(46)30(57-35)33(51)52)58-34-28(48)24(44)25(45)29(56-34)32(49)50/h7,20-31,34-35,43-48H,8-18H2,1-6H3,(H,49,50)(H,51,52)(H,53,54)/t20-,21+,22-,23+,24+,25+,26+,27+,28-,29+,30+,31-,34+,35-,37-,38+,39+,40-,41-,42-/m1/s1. The van der Waals surface area contributed by atoms with E-state index in [-0.39, 0.29) is 46.0 Å². The number of hydrogen-bond acceptors (Lipinski definition) is 13. The van der Waals surface area contributed by atoms with Crippen molar-refractivity contribution in [2.75, 3.05) is 6.61 Å². The van der Waals surface area contributed by atoms with Gasteiger partial charge < -0.3 is 64.9 Å². The van der Waals surface area contributed by atoms with Crippen LogP contribution in [0.1, 0.15) is 106 Å². The molecule has 2 heterocycles. The number of aliphatic hydroxyl groups excluding tert-OH is 6. The number of ether oxygens (including phenoxy) is 4. The summed E-state index contributed by atoms with van der Waals surface area (Å²) in [4.78, 5) is 36.5. The average Bonchev–Trinajstić information content (AvgIpc) is 3.16. The number of carboxylic acids is 3. The lowest BCUT2D eigenvalue weighted by molar-refractivity contribution is -0.372. The summed E-state index contributed by atoms with van der Waals surface area (Å²) >= 11 is 0. The summed E-state index contributed by atoms with van der Waals surface area (Å²) in [6, 6.07) is 0. The molecule has 4 saturated carbocycles. The number of hydrogen-bond donors (Lipinski definition) is 9. The SMILES string of the molecule is C[C@]1(C(=O)O)CC[C@]2(C)CC[C@]3(C)C(=CC[C@@H]4[C@@]5(C)CC[C@H](O[C@@H]6O[C@H](C(=O)O)[C@@H](O)[C@H](O)[C@H]6O[C@@H]6O[C@H](C(=O)O)[C@@H](O)[C@H](O)[C@H]6O)[C@](C)(CO)[C@H]5CC[C@]43C)[C@H]2C1. The monoisotopic (exact) mass is 824 g/mol. The Morgan fingerprint density at radius 3 is 1.91 bits per heavy atom. The summed E-state index contributed by atoms with van der Waals surface area (Å²) in [7, 11) is 0. The van der Waals surface area contributed by atoms with Crippen LogP contribution in [0.2, 0.25) is 0 Å². The summed E-state index contributed by atoms with van der Waals surface area (Å²) in [6.45, 7) is 13.0. The Hall–Kier alpha value is -2.25. The normalized spacial score (nSPS) is 54.2. The quantitative estimate of drug-likeness (QED) is 0.125. The molecule has 16 nitrogen and oxygen atoms in total. The van der Waals surface area contributed by atoms with Gasteiger partial charge in [-0.15, -0.1) is 0 Å². The minimum Gasteiger partial charge on any atom is -0.481 e. The van der Waals surface area contributed by atoms with Crippen LogP contribution in [0, 0.1) is 50.2 Å². The number of aliphatic hydroxyl groups is 6. The summed E-state index contributed by atoms with van der Waals surface area (Å²) in [5, 5.41) is 94.4. The molecule has 0 amide bonds. The van der Waals surface area contributed by atoms with E-state index in [0.717, 1.165) is 38.5 Å². The highest BCUT2D eigenvalue weighted by Crippen LogP contribution is 2.76. The molecule has 20 atom stereocenters. The van der Waals surface area contributed by atoms with Crippen LogP contribution in [-0.2, 0) is 33.3 Å². The van der Waals surface area contributed by atoms with Crippen LogP contribution in [-0.4, -0.2) is 138 Å². The van der Waals surface area contributed by atoms with E-state index in [4.69, 9.17) is 18.9 Å². The molecule has 0 spiro atoms. The van der Waals surface area contributed by atoms with Gasteiger partial charge in [-0.1, -0.05) is 46.3 Å². The number of carboxylic acid groups (broad SMARTS) is 3. The van der Waals surface area contributed by atoms with E-state index in [1.54, 1.807) is 0 Å². The lowest BCUT2D eigenvalue weighted by Gasteiger charge is -2.71. The van der Waals surface area contributed by atoms with Crippen molar-refractivity contribution in [2.24, 2.45) is 50.2 Å². The van der Waals surface area contributed by atoms with Crippen molar-refractivity contribution < 1.29 is 79.3 Å². The predicted octanol–water partition coefficient (Wildman–Crippen LogP) is 2.04. The molecule has 7 rings (SSSR count). The van der Waals surface area contributed by atoms with Gasteiger partial charge in [0.1, 0.15) is 36.6 Å². The molecule has 0 unspecified atom stereocenters. The van der Waals surface area contributed by atoms with Crippen LogP contribution < -0.4 is 0 Å². The zero-order chi connectivity index (χ0) is 42.7.